The molecule has 1 aliphatic heterocycles. The summed E-state index contributed by atoms with van der Waals surface area (Å²) in [5, 5.41) is 5.57. The molecule has 3 N–H and O–H groups in total. The molecular formula is C21H21N3O. The van der Waals surface area contributed by atoms with Crippen LogP contribution in [0.3, 0.4) is 0 Å². The average Bonchev–Trinajstić information content (AvgIpc) is 3.17. The molecular weight excluding hydrogens is 310 g/mol. The van der Waals surface area contributed by atoms with Gasteiger partial charge in [0.1, 0.15) is 0 Å². The SMILES string of the molecule is NC(=O)c1ccc2c([C@@H](c3ccccc3)[C@@H]3CCNC3)nccc2c1. The standard InChI is InChI=1S/C21H21N3O/c22-21(25)16-6-7-18-15(12-16)9-11-24-20(18)19(17-8-10-23-13-17)14-4-2-1-3-5-14/h1-7,9,11-12,17,19,23H,8,10,13H2,(H2,22,25)/t17-,19+/m1/s1. The molecule has 4 rings (SSSR count). The molecule has 126 valence electrons. The largest absolute Gasteiger partial charge is 0.366 e. The number of pyridine rings is 1. The molecule has 1 aliphatic rings. The predicted octanol–water partition coefficient (Wildman–Crippen LogP) is 3.08. The van der Waals surface area contributed by atoms with Gasteiger partial charge in [-0.2, -0.15) is 0 Å². The second-order valence-electron chi connectivity index (χ2n) is 6.64. The van der Waals surface area contributed by atoms with Crippen molar-refractivity contribution in [2.45, 2.75) is 12.3 Å². The van der Waals surface area contributed by atoms with Crippen LogP contribution < -0.4 is 11.1 Å². The van der Waals surface area contributed by atoms with Gasteiger partial charge >= 0.3 is 0 Å². The zero-order valence-electron chi connectivity index (χ0n) is 14.0. The molecule has 4 heteroatoms. The van der Waals surface area contributed by atoms with Gasteiger partial charge in [0, 0.05) is 23.1 Å². The van der Waals surface area contributed by atoms with Gasteiger partial charge in [-0.3, -0.25) is 9.78 Å². The van der Waals surface area contributed by atoms with Crippen LogP contribution in [0.1, 0.15) is 34.0 Å². The minimum absolute atomic E-state index is 0.235. The number of hydrogen-bond donors (Lipinski definition) is 2. The number of rotatable bonds is 4. The molecule has 0 radical (unpaired) electrons. The normalized spacial score (nSPS) is 18.3. The molecule has 2 aromatic carbocycles. The maximum atomic E-state index is 11.5. The summed E-state index contributed by atoms with van der Waals surface area (Å²) in [4.78, 5) is 16.3. The van der Waals surface area contributed by atoms with Gasteiger partial charge in [0.2, 0.25) is 5.91 Å². The van der Waals surface area contributed by atoms with Crippen molar-refractivity contribution in [3.8, 4) is 0 Å². The highest BCUT2D eigenvalue weighted by atomic mass is 16.1. The average molecular weight is 331 g/mol. The number of fused-ring (bicyclic) bond motifs is 1. The van der Waals surface area contributed by atoms with Crippen molar-refractivity contribution in [3.05, 3.63) is 77.6 Å². The summed E-state index contributed by atoms with van der Waals surface area (Å²) in [5.74, 6) is 0.343. The number of primary amides is 1. The molecule has 2 heterocycles. The minimum Gasteiger partial charge on any atom is -0.366 e. The van der Waals surface area contributed by atoms with E-state index in [2.05, 4.69) is 29.6 Å². The van der Waals surface area contributed by atoms with E-state index in [1.165, 1.54) is 5.56 Å². The Kier molecular flexibility index (Phi) is 4.20. The lowest BCUT2D eigenvalue weighted by molar-refractivity contribution is 0.100. The van der Waals surface area contributed by atoms with Crippen LogP contribution in [0.15, 0.2) is 60.8 Å². The van der Waals surface area contributed by atoms with E-state index >= 15 is 0 Å². The van der Waals surface area contributed by atoms with Crippen molar-refractivity contribution in [1.82, 2.24) is 10.3 Å². The number of nitrogens with one attached hydrogen (secondary N) is 1. The first kappa shape index (κ1) is 15.8. The van der Waals surface area contributed by atoms with Gasteiger partial charge < -0.3 is 11.1 Å². The number of nitrogens with zero attached hydrogens (tertiary/aromatic N) is 1. The van der Waals surface area contributed by atoms with Gasteiger partial charge in [-0.1, -0.05) is 36.4 Å². The summed E-state index contributed by atoms with van der Waals surface area (Å²) in [6.07, 6.45) is 2.97. The predicted molar refractivity (Wildman–Crippen MR) is 99.5 cm³/mol. The van der Waals surface area contributed by atoms with E-state index in [0.717, 1.165) is 36.0 Å². The third kappa shape index (κ3) is 3.01. The van der Waals surface area contributed by atoms with Crippen molar-refractivity contribution < 1.29 is 4.79 Å². The highest BCUT2D eigenvalue weighted by Gasteiger charge is 2.29. The van der Waals surface area contributed by atoms with E-state index in [9.17, 15) is 4.79 Å². The lowest BCUT2D eigenvalue weighted by Crippen LogP contribution is -2.19. The van der Waals surface area contributed by atoms with E-state index in [1.807, 2.05) is 30.5 Å². The molecule has 1 saturated heterocycles. The number of carbonyl (C=O) groups excluding carboxylic acids is 1. The summed E-state index contributed by atoms with van der Waals surface area (Å²) in [5.41, 5.74) is 8.33. The number of hydrogen-bond acceptors (Lipinski definition) is 3. The van der Waals surface area contributed by atoms with Gasteiger partial charge in [-0.25, -0.2) is 0 Å². The molecule has 0 saturated carbocycles. The van der Waals surface area contributed by atoms with Crippen LogP contribution in [0.2, 0.25) is 0 Å². The fraction of sp³-hybridized carbons (Fsp3) is 0.238. The Hall–Kier alpha value is -2.72. The number of carbonyl (C=O) groups is 1. The number of benzene rings is 2. The van der Waals surface area contributed by atoms with Gasteiger partial charge in [0.05, 0.1) is 5.69 Å². The second-order valence-corrected chi connectivity index (χ2v) is 6.64. The first-order valence-corrected chi connectivity index (χ1v) is 8.68. The minimum atomic E-state index is -0.403. The quantitative estimate of drug-likeness (QED) is 0.772. The van der Waals surface area contributed by atoms with E-state index in [0.29, 0.717) is 11.5 Å². The van der Waals surface area contributed by atoms with Gasteiger partial charge in [0.15, 0.2) is 0 Å². The van der Waals surface area contributed by atoms with Crippen LogP contribution in [-0.2, 0) is 0 Å². The molecule has 0 unspecified atom stereocenters. The maximum Gasteiger partial charge on any atom is 0.248 e. The fourth-order valence-electron chi connectivity index (χ4n) is 3.88. The van der Waals surface area contributed by atoms with Gasteiger partial charge in [-0.15, -0.1) is 0 Å². The Labute approximate surface area is 147 Å². The monoisotopic (exact) mass is 331 g/mol. The van der Waals surface area contributed by atoms with E-state index < -0.39 is 5.91 Å². The first-order chi connectivity index (χ1) is 12.2. The van der Waals surface area contributed by atoms with E-state index in [-0.39, 0.29) is 5.92 Å². The highest BCUT2D eigenvalue weighted by Crippen LogP contribution is 2.37. The molecule has 2 atom stereocenters. The Morgan fingerprint density at radius 1 is 1.16 bits per heavy atom. The Morgan fingerprint density at radius 2 is 2.00 bits per heavy atom. The molecule has 3 aromatic rings. The molecule has 0 aliphatic carbocycles. The summed E-state index contributed by atoms with van der Waals surface area (Å²) in [6.45, 7) is 2.04. The van der Waals surface area contributed by atoms with E-state index in [4.69, 9.17) is 10.7 Å². The van der Waals surface area contributed by atoms with Crippen molar-refractivity contribution in [3.63, 3.8) is 0 Å². The molecule has 4 nitrogen and oxygen atoms in total. The zero-order chi connectivity index (χ0) is 17.2. The van der Waals surface area contributed by atoms with Crippen molar-refractivity contribution in [1.29, 1.82) is 0 Å². The molecule has 1 fully saturated rings. The highest BCUT2D eigenvalue weighted by molar-refractivity contribution is 5.98. The second kappa shape index (κ2) is 6.65. The van der Waals surface area contributed by atoms with Gasteiger partial charge in [0.25, 0.3) is 0 Å². The van der Waals surface area contributed by atoms with Crippen molar-refractivity contribution in [2.75, 3.05) is 13.1 Å². The fourth-order valence-corrected chi connectivity index (χ4v) is 3.88. The topological polar surface area (TPSA) is 68.0 Å². The Balaban J connectivity index is 1.88. The summed E-state index contributed by atoms with van der Waals surface area (Å²) >= 11 is 0. The number of nitrogens with two attached hydrogens (primary N) is 1. The lowest BCUT2D eigenvalue weighted by atomic mass is 9.81. The van der Waals surface area contributed by atoms with Crippen LogP contribution >= 0.6 is 0 Å². The summed E-state index contributed by atoms with van der Waals surface area (Å²) in [7, 11) is 0. The maximum absolute atomic E-state index is 11.5. The molecule has 0 spiro atoms. The van der Waals surface area contributed by atoms with Crippen molar-refractivity contribution in [2.24, 2.45) is 11.7 Å². The summed E-state index contributed by atoms with van der Waals surface area (Å²) in [6, 6.07) is 18.2. The summed E-state index contributed by atoms with van der Waals surface area (Å²) < 4.78 is 0. The van der Waals surface area contributed by atoms with Crippen LogP contribution in [0.25, 0.3) is 10.8 Å². The smallest absolute Gasteiger partial charge is 0.248 e. The molecule has 1 amide bonds. The van der Waals surface area contributed by atoms with E-state index in [1.54, 1.807) is 6.07 Å². The first-order valence-electron chi connectivity index (χ1n) is 8.68. The third-order valence-corrected chi connectivity index (χ3v) is 5.10. The van der Waals surface area contributed by atoms with Crippen LogP contribution in [0, 0.1) is 5.92 Å². The molecule has 1 aromatic heterocycles. The lowest BCUT2D eigenvalue weighted by Gasteiger charge is -2.24. The molecule has 0 bridgehead atoms. The number of amides is 1. The van der Waals surface area contributed by atoms with Crippen LogP contribution in [0.5, 0.6) is 0 Å². The van der Waals surface area contributed by atoms with Crippen LogP contribution in [0.4, 0.5) is 0 Å². The van der Waals surface area contributed by atoms with Crippen molar-refractivity contribution >= 4 is 16.7 Å². The number of aromatic nitrogens is 1. The molecule has 25 heavy (non-hydrogen) atoms. The zero-order valence-corrected chi connectivity index (χ0v) is 14.0. The van der Waals surface area contributed by atoms with Crippen LogP contribution in [-0.4, -0.2) is 24.0 Å². The Bertz CT molecular complexity index is 901. The third-order valence-electron chi connectivity index (χ3n) is 5.10. The van der Waals surface area contributed by atoms with Gasteiger partial charge in [-0.05, 0) is 54.6 Å². The Morgan fingerprint density at radius 3 is 2.72 bits per heavy atom.